The molecule has 0 bridgehead atoms. The normalized spacial score (nSPS) is 18.6. The first-order valence-electron chi connectivity index (χ1n) is 9.37. The molecular weight excluding hydrogens is 332 g/mol. The van der Waals surface area contributed by atoms with Gasteiger partial charge in [0.2, 0.25) is 11.8 Å². The van der Waals surface area contributed by atoms with E-state index >= 15 is 0 Å². The number of hydrogen-bond acceptors (Lipinski definition) is 3. The number of hydrogen-bond donors (Lipinski definition) is 2. The number of rotatable bonds is 3. The van der Waals surface area contributed by atoms with Crippen molar-refractivity contribution in [1.29, 1.82) is 0 Å². The summed E-state index contributed by atoms with van der Waals surface area (Å²) in [6, 6.07) is 5.53. The van der Waals surface area contributed by atoms with E-state index in [-0.39, 0.29) is 23.4 Å². The molecule has 1 aliphatic carbocycles. The number of nitrogens with zero attached hydrogens (tertiary/aromatic N) is 2. The van der Waals surface area contributed by atoms with Crippen LogP contribution in [0.3, 0.4) is 0 Å². The van der Waals surface area contributed by atoms with Crippen molar-refractivity contribution in [2.24, 2.45) is 5.92 Å². The van der Waals surface area contributed by atoms with Crippen molar-refractivity contribution in [3.05, 3.63) is 34.2 Å². The molecule has 2 heterocycles. The molecule has 0 atom stereocenters. The Morgan fingerprint density at radius 3 is 2.46 bits per heavy atom. The SMILES string of the molecule is O=C(Cc1ccc2[nH]c(=O)[nH]c2c1)N1CCCN(C(=O)C2CCC2)CC1. The number of fused-ring (bicyclic) bond motifs is 1. The van der Waals surface area contributed by atoms with Gasteiger partial charge >= 0.3 is 5.69 Å². The molecule has 1 saturated carbocycles. The van der Waals surface area contributed by atoms with Crippen molar-refractivity contribution in [1.82, 2.24) is 19.8 Å². The third kappa shape index (κ3) is 3.38. The average molecular weight is 356 g/mol. The third-order valence-electron chi connectivity index (χ3n) is 5.55. The summed E-state index contributed by atoms with van der Waals surface area (Å²) >= 11 is 0. The standard InChI is InChI=1S/C19H24N4O3/c24-17(12-13-5-6-15-16(11-13)21-19(26)20-15)22-7-2-8-23(10-9-22)18(25)14-3-1-4-14/h5-6,11,14H,1-4,7-10,12H2,(H2,20,21,26). The molecule has 0 unspecified atom stereocenters. The monoisotopic (exact) mass is 356 g/mol. The molecule has 138 valence electrons. The maximum Gasteiger partial charge on any atom is 0.323 e. The van der Waals surface area contributed by atoms with Gasteiger partial charge in [-0.3, -0.25) is 9.59 Å². The van der Waals surface area contributed by atoms with Crippen LogP contribution in [0.5, 0.6) is 0 Å². The quantitative estimate of drug-likeness (QED) is 0.868. The number of amides is 2. The molecule has 2 aromatic rings. The van der Waals surface area contributed by atoms with Crippen molar-refractivity contribution in [2.45, 2.75) is 32.1 Å². The predicted molar refractivity (Wildman–Crippen MR) is 97.7 cm³/mol. The van der Waals surface area contributed by atoms with Crippen LogP contribution >= 0.6 is 0 Å². The second-order valence-electron chi connectivity index (χ2n) is 7.32. The Hall–Kier alpha value is -2.57. The van der Waals surface area contributed by atoms with Crippen LogP contribution in [0.25, 0.3) is 11.0 Å². The van der Waals surface area contributed by atoms with Crippen LogP contribution in [0.2, 0.25) is 0 Å². The molecule has 1 saturated heterocycles. The van der Waals surface area contributed by atoms with E-state index in [0.717, 1.165) is 43.3 Å². The lowest BCUT2D eigenvalue weighted by atomic mass is 9.84. The summed E-state index contributed by atoms with van der Waals surface area (Å²) in [7, 11) is 0. The van der Waals surface area contributed by atoms with Crippen molar-refractivity contribution in [3.8, 4) is 0 Å². The number of carbonyl (C=O) groups is 2. The Kier molecular flexibility index (Phi) is 4.53. The van der Waals surface area contributed by atoms with E-state index in [2.05, 4.69) is 9.97 Å². The van der Waals surface area contributed by atoms with E-state index in [9.17, 15) is 14.4 Å². The van der Waals surface area contributed by atoms with Gasteiger partial charge in [0.25, 0.3) is 0 Å². The fourth-order valence-electron chi connectivity index (χ4n) is 3.78. The van der Waals surface area contributed by atoms with Crippen LogP contribution in [0.4, 0.5) is 0 Å². The zero-order valence-electron chi connectivity index (χ0n) is 14.8. The summed E-state index contributed by atoms with van der Waals surface area (Å²) in [6.07, 6.45) is 4.32. The number of imidazole rings is 1. The zero-order valence-corrected chi connectivity index (χ0v) is 14.8. The first-order chi connectivity index (χ1) is 12.6. The van der Waals surface area contributed by atoms with Gasteiger partial charge in [-0.1, -0.05) is 12.5 Å². The van der Waals surface area contributed by atoms with Crippen molar-refractivity contribution < 1.29 is 9.59 Å². The van der Waals surface area contributed by atoms with Crippen LogP contribution < -0.4 is 5.69 Å². The molecule has 2 aliphatic rings. The highest BCUT2D eigenvalue weighted by Gasteiger charge is 2.30. The number of carbonyl (C=O) groups excluding carboxylic acids is 2. The second kappa shape index (κ2) is 6.97. The topological polar surface area (TPSA) is 89.3 Å². The minimum absolute atomic E-state index is 0.0696. The highest BCUT2D eigenvalue weighted by Crippen LogP contribution is 2.28. The molecule has 26 heavy (non-hydrogen) atoms. The minimum atomic E-state index is -0.243. The molecule has 2 fully saturated rings. The number of benzene rings is 1. The van der Waals surface area contributed by atoms with Gasteiger partial charge < -0.3 is 19.8 Å². The number of aromatic nitrogens is 2. The summed E-state index contributed by atoms with van der Waals surface area (Å²) < 4.78 is 0. The van der Waals surface area contributed by atoms with Crippen molar-refractivity contribution in [2.75, 3.05) is 26.2 Å². The lowest BCUT2D eigenvalue weighted by molar-refractivity contribution is -0.138. The molecule has 4 rings (SSSR count). The van der Waals surface area contributed by atoms with Gasteiger partial charge in [-0.15, -0.1) is 0 Å². The first-order valence-corrected chi connectivity index (χ1v) is 9.37. The van der Waals surface area contributed by atoms with Gasteiger partial charge in [0.15, 0.2) is 0 Å². The van der Waals surface area contributed by atoms with Gasteiger partial charge in [0, 0.05) is 32.1 Å². The Morgan fingerprint density at radius 2 is 1.69 bits per heavy atom. The summed E-state index contributed by atoms with van der Waals surface area (Å²) in [5, 5.41) is 0. The predicted octanol–water partition coefficient (Wildman–Crippen LogP) is 1.26. The maximum absolute atomic E-state index is 12.7. The summed E-state index contributed by atoms with van der Waals surface area (Å²) in [5.74, 6) is 0.556. The molecule has 2 N–H and O–H groups in total. The third-order valence-corrected chi connectivity index (χ3v) is 5.55. The molecule has 7 heteroatoms. The minimum Gasteiger partial charge on any atom is -0.341 e. The maximum atomic E-state index is 12.7. The summed E-state index contributed by atoms with van der Waals surface area (Å²) in [4.78, 5) is 45.7. The van der Waals surface area contributed by atoms with Crippen LogP contribution in [0.1, 0.15) is 31.2 Å². The largest absolute Gasteiger partial charge is 0.341 e. The molecule has 7 nitrogen and oxygen atoms in total. The number of nitrogens with one attached hydrogen (secondary N) is 2. The Labute approximate surface area is 151 Å². The first kappa shape index (κ1) is 16.9. The second-order valence-corrected chi connectivity index (χ2v) is 7.32. The van der Waals surface area contributed by atoms with E-state index in [4.69, 9.17) is 0 Å². The van der Waals surface area contributed by atoms with E-state index in [1.807, 2.05) is 28.0 Å². The molecule has 0 radical (unpaired) electrons. The Bertz CT molecular complexity index is 880. The summed E-state index contributed by atoms with van der Waals surface area (Å²) in [5.41, 5.74) is 2.09. The number of H-pyrrole nitrogens is 2. The van der Waals surface area contributed by atoms with Crippen LogP contribution in [-0.4, -0.2) is 57.8 Å². The molecule has 1 aliphatic heterocycles. The highest BCUT2D eigenvalue weighted by molar-refractivity contribution is 5.82. The van der Waals surface area contributed by atoms with Gasteiger partial charge in [0.05, 0.1) is 17.5 Å². The van der Waals surface area contributed by atoms with Crippen molar-refractivity contribution in [3.63, 3.8) is 0 Å². The van der Waals surface area contributed by atoms with E-state index in [0.29, 0.717) is 31.6 Å². The van der Waals surface area contributed by atoms with E-state index in [1.165, 1.54) is 0 Å². The number of aromatic amines is 2. The van der Waals surface area contributed by atoms with Gasteiger partial charge in [-0.25, -0.2) is 4.79 Å². The zero-order chi connectivity index (χ0) is 18.1. The molecular formula is C19H24N4O3. The van der Waals surface area contributed by atoms with Crippen LogP contribution in [0, 0.1) is 5.92 Å². The highest BCUT2D eigenvalue weighted by atomic mass is 16.2. The van der Waals surface area contributed by atoms with Crippen LogP contribution in [-0.2, 0) is 16.0 Å². The van der Waals surface area contributed by atoms with Crippen molar-refractivity contribution >= 4 is 22.8 Å². The average Bonchev–Trinajstić information content (AvgIpc) is 2.78. The molecule has 1 aromatic heterocycles. The lowest BCUT2D eigenvalue weighted by Crippen LogP contribution is -2.41. The Balaban J connectivity index is 1.37. The molecule has 0 spiro atoms. The van der Waals surface area contributed by atoms with Gasteiger partial charge in [-0.05, 0) is 37.0 Å². The summed E-state index contributed by atoms with van der Waals surface area (Å²) in [6.45, 7) is 2.66. The van der Waals surface area contributed by atoms with Gasteiger partial charge in [-0.2, -0.15) is 0 Å². The smallest absolute Gasteiger partial charge is 0.323 e. The molecule has 2 amide bonds. The molecule has 1 aromatic carbocycles. The fraction of sp³-hybridized carbons (Fsp3) is 0.526. The lowest BCUT2D eigenvalue weighted by Gasteiger charge is -2.31. The van der Waals surface area contributed by atoms with E-state index in [1.54, 1.807) is 0 Å². The fourth-order valence-corrected chi connectivity index (χ4v) is 3.78. The van der Waals surface area contributed by atoms with Crippen LogP contribution in [0.15, 0.2) is 23.0 Å². The Morgan fingerprint density at radius 1 is 0.962 bits per heavy atom. The van der Waals surface area contributed by atoms with Gasteiger partial charge in [0.1, 0.15) is 0 Å². The van der Waals surface area contributed by atoms with E-state index < -0.39 is 0 Å².